The molecule has 0 radical (unpaired) electrons. The average molecular weight is 500 g/mol. The molecular formula is C26H33N3O7. The van der Waals surface area contributed by atoms with Gasteiger partial charge in [-0.1, -0.05) is 36.4 Å². The van der Waals surface area contributed by atoms with Gasteiger partial charge in [0.1, 0.15) is 30.0 Å². The van der Waals surface area contributed by atoms with Crippen LogP contribution in [0, 0.1) is 0 Å². The van der Waals surface area contributed by atoms with Crippen molar-refractivity contribution in [3.63, 3.8) is 0 Å². The van der Waals surface area contributed by atoms with Crippen LogP contribution in [0.15, 0.2) is 48.5 Å². The molecule has 36 heavy (non-hydrogen) atoms. The highest BCUT2D eigenvalue weighted by Crippen LogP contribution is 2.22. The maximum Gasteiger partial charge on any atom is 0.408 e. The summed E-state index contributed by atoms with van der Waals surface area (Å²) in [5, 5.41) is 26.1. The van der Waals surface area contributed by atoms with E-state index in [1.807, 2.05) is 30.3 Å². The van der Waals surface area contributed by atoms with Gasteiger partial charge in [-0.3, -0.25) is 14.4 Å². The number of phenols is 1. The second-order valence-electron chi connectivity index (χ2n) is 9.36. The van der Waals surface area contributed by atoms with Crippen molar-refractivity contribution in [2.24, 2.45) is 0 Å². The number of alkyl carbamates (subject to hydrolysis) is 1. The van der Waals surface area contributed by atoms with Crippen LogP contribution in [0.5, 0.6) is 5.75 Å². The lowest BCUT2D eigenvalue weighted by atomic mass is 9.94. The zero-order valence-corrected chi connectivity index (χ0v) is 20.8. The first-order valence-corrected chi connectivity index (χ1v) is 11.5. The van der Waals surface area contributed by atoms with Crippen LogP contribution in [-0.4, -0.2) is 58.3 Å². The van der Waals surface area contributed by atoms with Crippen molar-refractivity contribution >= 4 is 23.9 Å². The van der Waals surface area contributed by atoms with Crippen molar-refractivity contribution in [3.8, 4) is 5.75 Å². The molecule has 0 heterocycles. The van der Waals surface area contributed by atoms with Gasteiger partial charge in [0.2, 0.25) is 11.8 Å². The molecule has 2 atom stereocenters. The Morgan fingerprint density at radius 3 is 2.22 bits per heavy atom. The van der Waals surface area contributed by atoms with E-state index in [1.54, 1.807) is 32.9 Å². The Morgan fingerprint density at radius 1 is 0.944 bits per heavy atom. The zero-order valence-electron chi connectivity index (χ0n) is 20.8. The normalized spacial score (nSPS) is 12.7. The third-order valence-electron chi connectivity index (χ3n) is 5.02. The first-order valence-electron chi connectivity index (χ1n) is 11.5. The van der Waals surface area contributed by atoms with E-state index in [4.69, 9.17) is 9.84 Å². The summed E-state index contributed by atoms with van der Waals surface area (Å²) < 4.78 is 5.30. The maximum absolute atomic E-state index is 13.1. The maximum atomic E-state index is 13.1. The first kappa shape index (κ1) is 28.2. The molecule has 0 saturated carbocycles. The number of aliphatic carboxylic acids is 1. The van der Waals surface area contributed by atoms with E-state index >= 15 is 0 Å². The molecule has 2 aromatic rings. The minimum absolute atomic E-state index is 0.0526. The Hall–Kier alpha value is -4.08. The molecule has 0 aliphatic rings. The van der Waals surface area contributed by atoms with Crippen molar-refractivity contribution in [1.29, 1.82) is 0 Å². The summed E-state index contributed by atoms with van der Waals surface area (Å²) in [6, 6.07) is 12.2. The molecule has 194 valence electrons. The van der Waals surface area contributed by atoms with Crippen LogP contribution in [-0.2, 0) is 32.0 Å². The van der Waals surface area contributed by atoms with E-state index < -0.39 is 48.1 Å². The van der Waals surface area contributed by atoms with E-state index in [1.165, 1.54) is 13.0 Å². The number of carboxylic acids is 1. The Morgan fingerprint density at radius 2 is 1.61 bits per heavy atom. The Balaban J connectivity index is 2.26. The summed E-state index contributed by atoms with van der Waals surface area (Å²) in [6.45, 7) is 5.88. The van der Waals surface area contributed by atoms with Crippen molar-refractivity contribution < 1.29 is 34.1 Å². The summed E-state index contributed by atoms with van der Waals surface area (Å²) >= 11 is 0. The van der Waals surface area contributed by atoms with E-state index in [-0.39, 0.29) is 12.2 Å². The third-order valence-corrected chi connectivity index (χ3v) is 5.02. The number of hydrogen-bond donors (Lipinski definition) is 5. The number of nitrogens with one attached hydrogen (secondary N) is 3. The molecule has 2 rings (SSSR count). The lowest BCUT2D eigenvalue weighted by Gasteiger charge is -2.25. The lowest BCUT2D eigenvalue weighted by molar-refractivity contribution is -0.138. The quantitative estimate of drug-likeness (QED) is 0.335. The number of benzene rings is 2. The zero-order chi connectivity index (χ0) is 26.9. The van der Waals surface area contributed by atoms with Crippen LogP contribution in [0.4, 0.5) is 4.79 Å². The molecule has 0 bridgehead atoms. The predicted octanol–water partition coefficient (Wildman–Crippen LogP) is 2.12. The Kier molecular flexibility index (Phi) is 9.83. The first-order chi connectivity index (χ1) is 16.8. The van der Waals surface area contributed by atoms with Gasteiger partial charge in [0.15, 0.2) is 0 Å². The van der Waals surface area contributed by atoms with Gasteiger partial charge in [-0.25, -0.2) is 4.79 Å². The molecule has 0 aromatic heterocycles. The number of hydrogen-bond acceptors (Lipinski definition) is 6. The molecule has 5 N–H and O–H groups in total. The summed E-state index contributed by atoms with van der Waals surface area (Å²) in [5.74, 6) is -2.49. The van der Waals surface area contributed by atoms with Gasteiger partial charge in [-0.15, -0.1) is 0 Å². The summed E-state index contributed by atoms with van der Waals surface area (Å²) in [6.07, 6.45) is -0.273. The van der Waals surface area contributed by atoms with Crippen LogP contribution >= 0.6 is 0 Å². The van der Waals surface area contributed by atoms with Gasteiger partial charge in [0, 0.05) is 6.42 Å². The van der Waals surface area contributed by atoms with Gasteiger partial charge in [0.25, 0.3) is 0 Å². The fourth-order valence-corrected chi connectivity index (χ4v) is 3.37. The Labute approximate surface area is 210 Å². The molecular weight excluding hydrogens is 466 g/mol. The topological polar surface area (TPSA) is 154 Å². The molecule has 0 aliphatic carbocycles. The minimum Gasteiger partial charge on any atom is -0.508 e. The number of carbonyl (C=O) groups excluding carboxylic acids is 3. The highest BCUT2D eigenvalue weighted by atomic mass is 16.6. The van der Waals surface area contributed by atoms with Crippen molar-refractivity contribution in [1.82, 2.24) is 16.0 Å². The number of amides is 3. The second kappa shape index (κ2) is 12.6. The molecule has 10 heteroatoms. The number of carboxylic acid groups (broad SMARTS) is 1. The summed E-state index contributed by atoms with van der Waals surface area (Å²) in [5.41, 5.74) is 1.66. The van der Waals surface area contributed by atoms with Crippen molar-refractivity contribution in [2.75, 3.05) is 6.54 Å². The second-order valence-corrected chi connectivity index (χ2v) is 9.36. The monoisotopic (exact) mass is 499 g/mol. The molecule has 0 saturated heterocycles. The van der Waals surface area contributed by atoms with E-state index in [0.717, 1.165) is 11.1 Å². The third kappa shape index (κ3) is 9.65. The molecule has 0 spiro atoms. The summed E-state index contributed by atoms with van der Waals surface area (Å²) in [7, 11) is 0. The van der Waals surface area contributed by atoms with Gasteiger partial charge < -0.3 is 30.9 Å². The van der Waals surface area contributed by atoms with E-state index in [2.05, 4.69) is 16.0 Å². The van der Waals surface area contributed by atoms with Crippen molar-refractivity contribution in [3.05, 3.63) is 65.2 Å². The predicted molar refractivity (Wildman–Crippen MR) is 132 cm³/mol. The van der Waals surface area contributed by atoms with Gasteiger partial charge in [0.05, 0.1) is 0 Å². The standard InChI is InChI=1S/C26H33N3O7/c1-16(23(33)27-15-22(31)32)28-24(34)21(29-25(35)36-26(2,3)4)14-18-10-11-20(30)13-19(18)12-17-8-6-5-7-9-17/h5-11,13,16,21,30H,12,14-15H2,1-4H3,(H,27,33)(H,28,34)(H,29,35)(H,31,32)/t16-,21+/m1/s1. The smallest absolute Gasteiger partial charge is 0.408 e. The number of aromatic hydroxyl groups is 1. The van der Waals surface area contributed by atoms with Crippen molar-refractivity contribution in [2.45, 2.75) is 58.2 Å². The van der Waals surface area contributed by atoms with Crippen LogP contribution in [0.25, 0.3) is 0 Å². The highest BCUT2D eigenvalue weighted by Gasteiger charge is 2.28. The lowest BCUT2D eigenvalue weighted by Crippen LogP contribution is -2.54. The number of ether oxygens (including phenoxy) is 1. The highest BCUT2D eigenvalue weighted by molar-refractivity contribution is 5.92. The minimum atomic E-state index is -1.22. The van der Waals surface area contributed by atoms with Crippen LogP contribution in [0.2, 0.25) is 0 Å². The van der Waals surface area contributed by atoms with Gasteiger partial charge >= 0.3 is 12.1 Å². The molecule has 0 aliphatic heterocycles. The SMILES string of the molecule is C[C@@H](NC(=O)[C@H](Cc1ccc(O)cc1Cc1ccccc1)NC(=O)OC(C)(C)C)C(=O)NCC(=O)O. The summed E-state index contributed by atoms with van der Waals surface area (Å²) in [4.78, 5) is 48.4. The van der Waals surface area contributed by atoms with Crippen LogP contribution in [0.3, 0.4) is 0 Å². The largest absolute Gasteiger partial charge is 0.508 e. The molecule has 10 nitrogen and oxygen atoms in total. The van der Waals surface area contributed by atoms with Gasteiger partial charge in [-0.2, -0.15) is 0 Å². The number of carbonyl (C=O) groups is 4. The van der Waals surface area contributed by atoms with Crippen LogP contribution in [0.1, 0.15) is 44.4 Å². The van der Waals surface area contributed by atoms with E-state index in [0.29, 0.717) is 12.0 Å². The molecule has 2 aromatic carbocycles. The average Bonchev–Trinajstić information content (AvgIpc) is 2.77. The fraction of sp³-hybridized carbons (Fsp3) is 0.385. The van der Waals surface area contributed by atoms with E-state index in [9.17, 15) is 24.3 Å². The number of phenolic OH excluding ortho intramolecular Hbond substituents is 1. The molecule has 0 unspecified atom stereocenters. The molecule has 0 fully saturated rings. The Bertz CT molecular complexity index is 1080. The molecule has 3 amide bonds. The fourth-order valence-electron chi connectivity index (χ4n) is 3.37. The van der Waals surface area contributed by atoms with Crippen LogP contribution < -0.4 is 16.0 Å². The number of rotatable bonds is 10. The van der Waals surface area contributed by atoms with Gasteiger partial charge in [-0.05, 0) is 62.9 Å².